The summed E-state index contributed by atoms with van der Waals surface area (Å²) in [6.45, 7) is 0. The average molecular weight is 249 g/mol. The molecule has 0 fully saturated rings. The summed E-state index contributed by atoms with van der Waals surface area (Å²) >= 11 is 0. The average Bonchev–Trinajstić information content (AvgIpc) is 2.93. The van der Waals surface area contributed by atoms with Crippen LogP contribution in [0.4, 0.5) is 11.4 Å². The van der Waals surface area contributed by atoms with Gasteiger partial charge in [-0.25, -0.2) is 4.98 Å². The Balaban J connectivity index is 1.88. The lowest BCUT2D eigenvalue weighted by atomic mass is 10.1. The summed E-state index contributed by atoms with van der Waals surface area (Å²) in [4.78, 5) is 17.3. The standard InChI is InChI=1S/C15H11N3O/c1-17-13-4-2-10(6-14(13)17)11-3-5-15-16-7-12(9-19)18(15)8-11/h2-9H,1H3. The summed E-state index contributed by atoms with van der Waals surface area (Å²) in [5.74, 6) is 0. The molecule has 0 N–H and O–H groups in total. The van der Waals surface area contributed by atoms with Crippen molar-refractivity contribution >= 4 is 23.3 Å². The van der Waals surface area contributed by atoms with Crippen LogP contribution in [-0.2, 0) is 0 Å². The second-order valence-electron chi connectivity index (χ2n) is 4.71. The summed E-state index contributed by atoms with van der Waals surface area (Å²) < 4.78 is 1.82. The molecule has 1 aromatic carbocycles. The van der Waals surface area contributed by atoms with E-state index in [2.05, 4.69) is 35.1 Å². The number of hydrogen-bond acceptors (Lipinski definition) is 3. The minimum atomic E-state index is 0.570. The first-order chi connectivity index (χ1) is 9.28. The Labute approximate surface area is 109 Å². The Morgan fingerprint density at radius 2 is 1.95 bits per heavy atom. The van der Waals surface area contributed by atoms with Crippen LogP contribution in [0.2, 0.25) is 0 Å². The minimum Gasteiger partial charge on any atom is -0.341 e. The van der Waals surface area contributed by atoms with E-state index < -0.39 is 0 Å². The normalized spacial score (nSPS) is 12.6. The number of anilines is 2. The van der Waals surface area contributed by atoms with E-state index in [-0.39, 0.29) is 0 Å². The van der Waals surface area contributed by atoms with E-state index >= 15 is 0 Å². The molecule has 0 radical (unpaired) electrons. The van der Waals surface area contributed by atoms with Gasteiger partial charge in [-0.2, -0.15) is 0 Å². The monoisotopic (exact) mass is 249 g/mol. The SMILES string of the molecule is CN1c2ccc(-c3ccc4ncc(C=O)n4c3)cc21. The number of carbonyl (C=O) groups is 1. The summed E-state index contributed by atoms with van der Waals surface area (Å²) in [7, 11) is 2.05. The molecular weight excluding hydrogens is 238 g/mol. The molecular formula is C15H11N3O. The number of pyridine rings is 1. The van der Waals surface area contributed by atoms with Gasteiger partial charge in [0.05, 0.1) is 17.6 Å². The fraction of sp³-hybridized carbons (Fsp3) is 0.0667. The predicted molar refractivity (Wildman–Crippen MR) is 74.1 cm³/mol. The molecule has 0 aliphatic carbocycles. The number of imidazole rings is 1. The Hall–Kier alpha value is -2.62. The molecule has 19 heavy (non-hydrogen) atoms. The minimum absolute atomic E-state index is 0.570. The molecule has 1 aliphatic heterocycles. The lowest BCUT2D eigenvalue weighted by Crippen LogP contribution is -1.91. The van der Waals surface area contributed by atoms with E-state index in [1.54, 1.807) is 6.20 Å². The van der Waals surface area contributed by atoms with E-state index in [1.807, 2.05) is 22.7 Å². The van der Waals surface area contributed by atoms with Crippen molar-refractivity contribution in [1.82, 2.24) is 9.38 Å². The number of aldehydes is 1. The molecule has 2 aromatic heterocycles. The van der Waals surface area contributed by atoms with E-state index in [9.17, 15) is 4.79 Å². The van der Waals surface area contributed by atoms with Crippen LogP contribution in [0.5, 0.6) is 0 Å². The van der Waals surface area contributed by atoms with Gasteiger partial charge in [-0.15, -0.1) is 0 Å². The van der Waals surface area contributed by atoms with Gasteiger partial charge < -0.3 is 4.90 Å². The lowest BCUT2D eigenvalue weighted by Gasteiger charge is -2.02. The number of rotatable bonds is 2. The van der Waals surface area contributed by atoms with Crippen LogP contribution in [0, 0.1) is 0 Å². The van der Waals surface area contributed by atoms with Crippen molar-refractivity contribution in [1.29, 1.82) is 0 Å². The van der Waals surface area contributed by atoms with Gasteiger partial charge in [0.1, 0.15) is 11.3 Å². The second-order valence-corrected chi connectivity index (χ2v) is 4.71. The molecule has 4 nitrogen and oxygen atoms in total. The molecule has 0 amide bonds. The van der Waals surface area contributed by atoms with Crippen LogP contribution in [0.3, 0.4) is 0 Å². The highest BCUT2D eigenvalue weighted by Gasteiger charge is 2.24. The second kappa shape index (κ2) is 3.45. The Kier molecular flexibility index (Phi) is 1.87. The Morgan fingerprint density at radius 3 is 2.74 bits per heavy atom. The van der Waals surface area contributed by atoms with Gasteiger partial charge in [0.15, 0.2) is 6.29 Å². The highest BCUT2D eigenvalue weighted by molar-refractivity contribution is 5.95. The summed E-state index contributed by atoms with van der Waals surface area (Å²) in [6, 6.07) is 10.3. The number of carbonyl (C=O) groups excluding carboxylic acids is 1. The third kappa shape index (κ3) is 1.40. The van der Waals surface area contributed by atoms with Gasteiger partial charge in [0.25, 0.3) is 0 Å². The zero-order chi connectivity index (χ0) is 13.0. The van der Waals surface area contributed by atoms with Gasteiger partial charge in [-0.3, -0.25) is 9.20 Å². The van der Waals surface area contributed by atoms with Crippen LogP contribution in [0.1, 0.15) is 10.5 Å². The third-order valence-corrected chi connectivity index (χ3v) is 3.64. The first-order valence-corrected chi connectivity index (χ1v) is 6.08. The van der Waals surface area contributed by atoms with E-state index in [0.717, 1.165) is 23.1 Å². The maximum absolute atomic E-state index is 11.0. The summed E-state index contributed by atoms with van der Waals surface area (Å²) in [5.41, 5.74) is 6.13. The lowest BCUT2D eigenvalue weighted by molar-refractivity contribution is 0.111. The molecule has 0 bridgehead atoms. The Morgan fingerprint density at radius 1 is 1.11 bits per heavy atom. The van der Waals surface area contributed by atoms with Crippen molar-refractivity contribution in [3.05, 3.63) is 48.4 Å². The number of benzene rings is 1. The molecule has 1 aliphatic rings. The Bertz CT molecular complexity index is 819. The molecule has 4 heteroatoms. The van der Waals surface area contributed by atoms with Gasteiger partial charge >= 0.3 is 0 Å². The molecule has 92 valence electrons. The largest absolute Gasteiger partial charge is 0.341 e. The first-order valence-electron chi connectivity index (χ1n) is 6.08. The topological polar surface area (TPSA) is 37.4 Å². The zero-order valence-electron chi connectivity index (χ0n) is 10.4. The van der Waals surface area contributed by atoms with Crippen molar-refractivity contribution in [2.45, 2.75) is 0 Å². The van der Waals surface area contributed by atoms with E-state index in [0.29, 0.717) is 5.69 Å². The molecule has 0 atom stereocenters. The van der Waals surface area contributed by atoms with Crippen molar-refractivity contribution in [3.8, 4) is 11.1 Å². The zero-order valence-corrected chi connectivity index (χ0v) is 10.4. The summed E-state index contributed by atoms with van der Waals surface area (Å²) in [6.07, 6.45) is 4.37. The molecule has 3 aromatic rings. The molecule has 3 heterocycles. The number of fused-ring (bicyclic) bond motifs is 2. The maximum Gasteiger partial charge on any atom is 0.168 e. The fourth-order valence-electron chi connectivity index (χ4n) is 2.45. The van der Waals surface area contributed by atoms with Crippen LogP contribution < -0.4 is 4.90 Å². The molecule has 0 spiro atoms. The summed E-state index contributed by atoms with van der Waals surface area (Å²) in [5, 5.41) is 0. The van der Waals surface area contributed by atoms with Crippen molar-refractivity contribution < 1.29 is 4.79 Å². The fourth-order valence-corrected chi connectivity index (χ4v) is 2.45. The first kappa shape index (κ1) is 10.3. The number of nitrogens with zero attached hydrogens (tertiary/aromatic N) is 3. The molecule has 0 unspecified atom stereocenters. The highest BCUT2D eigenvalue weighted by Crippen LogP contribution is 2.47. The number of hydrogen-bond donors (Lipinski definition) is 0. The van der Waals surface area contributed by atoms with Crippen LogP contribution in [0.25, 0.3) is 16.8 Å². The molecule has 0 saturated carbocycles. The van der Waals surface area contributed by atoms with E-state index in [1.165, 1.54) is 11.4 Å². The van der Waals surface area contributed by atoms with E-state index in [4.69, 9.17) is 0 Å². The van der Waals surface area contributed by atoms with Gasteiger partial charge in [-0.05, 0) is 35.4 Å². The van der Waals surface area contributed by atoms with Crippen LogP contribution in [0.15, 0.2) is 42.7 Å². The van der Waals surface area contributed by atoms with Gasteiger partial charge in [0.2, 0.25) is 0 Å². The van der Waals surface area contributed by atoms with Crippen LogP contribution in [-0.4, -0.2) is 22.7 Å². The molecule has 0 saturated heterocycles. The number of aromatic nitrogens is 2. The predicted octanol–water partition coefficient (Wildman–Crippen LogP) is 2.90. The maximum atomic E-state index is 11.0. The van der Waals surface area contributed by atoms with Gasteiger partial charge in [-0.1, -0.05) is 6.07 Å². The molecule has 4 rings (SSSR count). The van der Waals surface area contributed by atoms with Crippen molar-refractivity contribution in [2.24, 2.45) is 0 Å². The quantitative estimate of drug-likeness (QED) is 0.517. The highest BCUT2D eigenvalue weighted by atomic mass is 16.1. The third-order valence-electron chi connectivity index (χ3n) is 3.64. The smallest absolute Gasteiger partial charge is 0.168 e. The van der Waals surface area contributed by atoms with Crippen molar-refractivity contribution in [2.75, 3.05) is 11.9 Å². The van der Waals surface area contributed by atoms with Crippen LogP contribution >= 0.6 is 0 Å². The van der Waals surface area contributed by atoms with Crippen molar-refractivity contribution in [3.63, 3.8) is 0 Å². The van der Waals surface area contributed by atoms with Gasteiger partial charge in [0, 0.05) is 13.2 Å².